The van der Waals surface area contributed by atoms with Gasteiger partial charge in [-0.1, -0.05) is 19.3 Å². The lowest BCUT2D eigenvalue weighted by molar-refractivity contribution is 0.209. The molecule has 0 unspecified atom stereocenters. The zero-order valence-electron chi connectivity index (χ0n) is 10.3. The van der Waals surface area contributed by atoms with E-state index in [1.807, 2.05) is 12.1 Å². The summed E-state index contributed by atoms with van der Waals surface area (Å²) >= 11 is 2.27. The Labute approximate surface area is 120 Å². The molecule has 2 aromatic rings. The second kappa shape index (κ2) is 5.47. The van der Waals surface area contributed by atoms with Crippen molar-refractivity contribution in [1.82, 2.24) is 10.2 Å². The lowest BCUT2D eigenvalue weighted by atomic mass is 9.90. The summed E-state index contributed by atoms with van der Waals surface area (Å²) in [6, 6.07) is 6.12. The molecule has 0 aliphatic heterocycles. The molecule has 0 bridgehead atoms. The van der Waals surface area contributed by atoms with Crippen LogP contribution in [-0.2, 0) is 0 Å². The first-order valence-corrected chi connectivity index (χ1v) is 7.67. The van der Waals surface area contributed by atoms with Gasteiger partial charge < -0.3 is 4.74 Å². The van der Waals surface area contributed by atoms with Gasteiger partial charge in [0.25, 0.3) is 0 Å². The summed E-state index contributed by atoms with van der Waals surface area (Å²) in [6.45, 7) is 0.861. The molecule has 1 aromatic heterocycles. The number of aromatic nitrogens is 2. The van der Waals surface area contributed by atoms with E-state index in [1.54, 1.807) is 0 Å². The zero-order chi connectivity index (χ0) is 12.4. The molecule has 18 heavy (non-hydrogen) atoms. The molecular formula is C14H17IN2O. The number of nitrogens with one attached hydrogen (secondary N) is 1. The number of benzene rings is 1. The van der Waals surface area contributed by atoms with Crippen LogP contribution in [0.4, 0.5) is 0 Å². The number of ether oxygens (including phenoxy) is 1. The van der Waals surface area contributed by atoms with Gasteiger partial charge in [0.05, 0.1) is 12.1 Å². The summed E-state index contributed by atoms with van der Waals surface area (Å²) in [5.74, 6) is 1.71. The molecule has 1 aliphatic carbocycles. The molecule has 1 N–H and O–H groups in total. The first-order chi connectivity index (χ1) is 8.83. The first kappa shape index (κ1) is 12.3. The predicted octanol–water partition coefficient (Wildman–Crippen LogP) is 4.13. The van der Waals surface area contributed by atoms with E-state index in [0.29, 0.717) is 0 Å². The van der Waals surface area contributed by atoms with Crippen molar-refractivity contribution >= 4 is 33.5 Å². The minimum atomic E-state index is 0.748. The maximum absolute atomic E-state index is 5.93. The van der Waals surface area contributed by atoms with Crippen molar-refractivity contribution in [1.29, 1.82) is 0 Å². The predicted molar refractivity (Wildman–Crippen MR) is 80.9 cm³/mol. The summed E-state index contributed by atoms with van der Waals surface area (Å²) in [5.41, 5.74) is 1.00. The number of H-pyrrole nitrogens is 1. The number of nitrogens with zero attached hydrogens (tertiary/aromatic N) is 1. The van der Waals surface area contributed by atoms with Crippen molar-refractivity contribution in [3.8, 4) is 5.75 Å². The van der Waals surface area contributed by atoms with E-state index in [4.69, 9.17) is 4.74 Å². The highest BCUT2D eigenvalue weighted by molar-refractivity contribution is 14.1. The van der Waals surface area contributed by atoms with E-state index in [-0.39, 0.29) is 0 Å². The van der Waals surface area contributed by atoms with Crippen LogP contribution in [0.3, 0.4) is 0 Å². The van der Waals surface area contributed by atoms with Crippen LogP contribution in [0, 0.1) is 9.62 Å². The summed E-state index contributed by atoms with van der Waals surface area (Å²) in [6.07, 6.45) is 6.78. The van der Waals surface area contributed by atoms with Gasteiger partial charge in [0.15, 0.2) is 0 Å². The van der Waals surface area contributed by atoms with Crippen LogP contribution in [0.2, 0.25) is 0 Å². The highest BCUT2D eigenvalue weighted by Gasteiger charge is 2.14. The van der Waals surface area contributed by atoms with Gasteiger partial charge in [0, 0.05) is 5.39 Å². The quantitative estimate of drug-likeness (QED) is 0.840. The number of fused-ring (bicyclic) bond motifs is 1. The van der Waals surface area contributed by atoms with Gasteiger partial charge in [-0.2, -0.15) is 5.10 Å². The average molecular weight is 356 g/mol. The fourth-order valence-corrected chi connectivity index (χ4v) is 3.17. The molecular weight excluding hydrogens is 339 g/mol. The lowest BCUT2D eigenvalue weighted by Gasteiger charge is -2.21. The van der Waals surface area contributed by atoms with Crippen molar-refractivity contribution in [2.45, 2.75) is 32.1 Å². The fraction of sp³-hybridized carbons (Fsp3) is 0.500. The summed E-state index contributed by atoms with van der Waals surface area (Å²) in [5, 5.41) is 8.36. The summed E-state index contributed by atoms with van der Waals surface area (Å²) < 4.78 is 7.01. The maximum Gasteiger partial charge on any atom is 0.120 e. The molecule has 0 radical (unpaired) electrons. The van der Waals surface area contributed by atoms with Gasteiger partial charge in [0.2, 0.25) is 0 Å². The Bertz CT molecular complexity index is 532. The second-order valence-corrected chi connectivity index (χ2v) is 6.11. The molecule has 96 valence electrons. The molecule has 1 aliphatic rings. The van der Waals surface area contributed by atoms with E-state index in [2.05, 4.69) is 38.9 Å². The van der Waals surface area contributed by atoms with Crippen LogP contribution in [0.1, 0.15) is 32.1 Å². The summed E-state index contributed by atoms with van der Waals surface area (Å²) in [7, 11) is 0. The largest absolute Gasteiger partial charge is 0.493 e. The fourth-order valence-electron chi connectivity index (χ4n) is 2.62. The van der Waals surface area contributed by atoms with Gasteiger partial charge in [-0.05, 0) is 59.5 Å². The van der Waals surface area contributed by atoms with E-state index >= 15 is 0 Å². The molecule has 4 heteroatoms. The van der Waals surface area contributed by atoms with Crippen molar-refractivity contribution in [3.05, 3.63) is 21.9 Å². The smallest absolute Gasteiger partial charge is 0.120 e. The minimum absolute atomic E-state index is 0.748. The third kappa shape index (κ3) is 2.63. The Morgan fingerprint density at radius 1 is 1.28 bits per heavy atom. The Balaban J connectivity index is 1.68. The van der Waals surface area contributed by atoms with Crippen LogP contribution in [-0.4, -0.2) is 16.8 Å². The van der Waals surface area contributed by atoms with Crippen LogP contribution in [0.15, 0.2) is 18.2 Å². The van der Waals surface area contributed by atoms with Crippen LogP contribution >= 0.6 is 22.6 Å². The number of rotatable bonds is 3. The van der Waals surface area contributed by atoms with E-state index in [9.17, 15) is 0 Å². The Kier molecular flexibility index (Phi) is 3.72. The van der Waals surface area contributed by atoms with Crippen LogP contribution < -0.4 is 4.74 Å². The number of hydrogen-bond acceptors (Lipinski definition) is 2. The monoisotopic (exact) mass is 356 g/mol. The van der Waals surface area contributed by atoms with E-state index < -0.39 is 0 Å². The highest BCUT2D eigenvalue weighted by Crippen LogP contribution is 2.26. The molecule has 0 atom stereocenters. The van der Waals surface area contributed by atoms with Gasteiger partial charge >= 0.3 is 0 Å². The molecule has 1 fully saturated rings. The Hall–Kier alpha value is -0.780. The minimum Gasteiger partial charge on any atom is -0.493 e. The van der Waals surface area contributed by atoms with Gasteiger partial charge in [-0.15, -0.1) is 0 Å². The lowest BCUT2D eigenvalue weighted by Crippen LogP contribution is -2.15. The van der Waals surface area contributed by atoms with Crippen LogP contribution in [0.5, 0.6) is 5.75 Å². The Morgan fingerprint density at radius 3 is 2.94 bits per heavy atom. The SMILES string of the molecule is Ic1[nH]nc2ccc(OCC3CCCCC3)cc12. The third-order valence-electron chi connectivity index (χ3n) is 3.69. The van der Waals surface area contributed by atoms with E-state index in [0.717, 1.165) is 32.9 Å². The second-order valence-electron chi connectivity index (χ2n) is 5.03. The molecule has 3 rings (SSSR count). The molecule has 0 amide bonds. The number of aromatic amines is 1. The maximum atomic E-state index is 5.93. The van der Waals surface area contributed by atoms with Crippen molar-refractivity contribution < 1.29 is 4.74 Å². The molecule has 1 heterocycles. The van der Waals surface area contributed by atoms with Crippen molar-refractivity contribution in [2.75, 3.05) is 6.61 Å². The molecule has 0 saturated heterocycles. The molecule has 3 nitrogen and oxygen atoms in total. The van der Waals surface area contributed by atoms with Crippen LogP contribution in [0.25, 0.3) is 10.9 Å². The van der Waals surface area contributed by atoms with Gasteiger partial charge in [-0.25, -0.2) is 0 Å². The van der Waals surface area contributed by atoms with Crippen molar-refractivity contribution in [2.24, 2.45) is 5.92 Å². The van der Waals surface area contributed by atoms with Gasteiger partial charge in [-0.3, -0.25) is 5.10 Å². The molecule has 1 aromatic carbocycles. The highest BCUT2D eigenvalue weighted by atomic mass is 127. The normalized spacial score (nSPS) is 17.2. The Morgan fingerprint density at radius 2 is 2.11 bits per heavy atom. The topological polar surface area (TPSA) is 37.9 Å². The molecule has 0 spiro atoms. The van der Waals surface area contributed by atoms with Gasteiger partial charge in [0.1, 0.15) is 9.45 Å². The number of halogens is 1. The summed E-state index contributed by atoms with van der Waals surface area (Å²) in [4.78, 5) is 0. The molecule has 1 saturated carbocycles. The standard InChI is InChI=1S/C14H17IN2O/c15-14-12-8-11(6-7-13(12)16-17-14)18-9-10-4-2-1-3-5-10/h6-8,10H,1-5,9H2,(H,16,17). The zero-order valence-corrected chi connectivity index (χ0v) is 12.4. The van der Waals surface area contributed by atoms with E-state index in [1.165, 1.54) is 32.1 Å². The van der Waals surface area contributed by atoms with Crippen molar-refractivity contribution in [3.63, 3.8) is 0 Å². The number of hydrogen-bond donors (Lipinski definition) is 1. The third-order valence-corrected chi connectivity index (χ3v) is 4.51. The average Bonchev–Trinajstić information content (AvgIpc) is 2.79. The first-order valence-electron chi connectivity index (χ1n) is 6.59.